The highest BCUT2D eigenvalue weighted by atomic mass is 19.4. The molecular formula is C19H24F3N3O3. The first kappa shape index (κ1) is 21.5. The van der Waals surface area contributed by atoms with Crippen LogP contribution in [0.15, 0.2) is 41.9 Å². The normalized spacial score (nSPS) is 17.8. The summed E-state index contributed by atoms with van der Waals surface area (Å²) in [6, 6.07) is 5.28. The van der Waals surface area contributed by atoms with Crippen molar-refractivity contribution in [3.63, 3.8) is 0 Å². The second-order valence-electron chi connectivity index (χ2n) is 6.54. The van der Waals surface area contributed by atoms with Crippen LogP contribution in [-0.4, -0.2) is 30.4 Å². The molecule has 0 spiro atoms. The van der Waals surface area contributed by atoms with Gasteiger partial charge in [0.1, 0.15) is 17.1 Å². The number of carbonyl (C=O) groups is 1. The van der Waals surface area contributed by atoms with Gasteiger partial charge in [-0.05, 0) is 54.8 Å². The number of hydrogen-bond donors (Lipinski definition) is 4. The number of aryl methyl sites for hydroxylation is 1. The van der Waals surface area contributed by atoms with Gasteiger partial charge < -0.3 is 26.6 Å². The van der Waals surface area contributed by atoms with Crippen molar-refractivity contribution < 1.29 is 27.8 Å². The van der Waals surface area contributed by atoms with E-state index >= 15 is 0 Å². The smallest absolute Gasteiger partial charge is 0.392 e. The first-order valence-corrected chi connectivity index (χ1v) is 8.89. The molecule has 1 aliphatic rings. The molecule has 0 amide bonds. The van der Waals surface area contributed by atoms with Crippen molar-refractivity contribution >= 4 is 5.97 Å². The number of alkyl halides is 3. The van der Waals surface area contributed by atoms with Gasteiger partial charge in [0.2, 0.25) is 0 Å². The SMILES string of the molecule is N/C=C\C(C(=O)O)=C(/N)NCC1CCCc2cc(OCCC(F)(F)F)ccc21. The Hall–Kier alpha value is -2.84. The van der Waals surface area contributed by atoms with Crippen LogP contribution in [-0.2, 0) is 11.2 Å². The number of rotatable bonds is 8. The molecule has 6 nitrogen and oxygen atoms in total. The fourth-order valence-corrected chi connectivity index (χ4v) is 3.18. The van der Waals surface area contributed by atoms with Crippen molar-refractivity contribution in [1.82, 2.24) is 5.32 Å². The number of nitrogens with two attached hydrogens (primary N) is 2. The standard InChI is InChI=1S/C19H24F3N3O3/c20-19(21,22)7-9-28-14-4-5-15-12(10-14)2-1-3-13(15)11-25-17(24)16(6-8-23)18(26)27/h4-6,8,10,13,25H,1-3,7,9,11,23-24H2,(H,26,27)/b8-6-,17-16-. The highest BCUT2D eigenvalue weighted by molar-refractivity contribution is 5.90. The number of carboxylic acid groups (broad SMARTS) is 1. The van der Waals surface area contributed by atoms with Gasteiger partial charge in [-0.15, -0.1) is 0 Å². The molecule has 0 saturated heterocycles. The molecule has 1 unspecified atom stereocenters. The fourth-order valence-electron chi connectivity index (χ4n) is 3.18. The molecule has 6 N–H and O–H groups in total. The molecule has 0 fully saturated rings. The summed E-state index contributed by atoms with van der Waals surface area (Å²) in [7, 11) is 0. The second kappa shape index (κ2) is 9.38. The topological polar surface area (TPSA) is 111 Å². The molecule has 1 aromatic rings. The van der Waals surface area contributed by atoms with Crippen molar-refractivity contribution in [2.75, 3.05) is 13.2 Å². The van der Waals surface area contributed by atoms with E-state index in [2.05, 4.69) is 5.32 Å². The van der Waals surface area contributed by atoms with Crippen LogP contribution in [0.1, 0.15) is 36.3 Å². The van der Waals surface area contributed by atoms with E-state index in [1.54, 1.807) is 12.1 Å². The Morgan fingerprint density at radius 3 is 2.79 bits per heavy atom. The maximum absolute atomic E-state index is 12.2. The van der Waals surface area contributed by atoms with Crippen LogP contribution < -0.4 is 21.5 Å². The number of benzene rings is 1. The molecular weight excluding hydrogens is 375 g/mol. The van der Waals surface area contributed by atoms with Crippen molar-refractivity contribution in [2.45, 2.75) is 37.8 Å². The van der Waals surface area contributed by atoms with Crippen molar-refractivity contribution in [3.8, 4) is 5.75 Å². The first-order valence-electron chi connectivity index (χ1n) is 8.89. The van der Waals surface area contributed by atoms with Crippen LogP contribution in [0.4, 0.5) is 13.2 Å². The molecule has 1 atom stereocenters. The molecule has 0 saturated carbocycles. The summed E-state index contributed by atoms with van der Waals surface area (Å²) >= 11 is 0. The third-order valence-electron chi connectivity index (χ3n) is 4.53. The summed E-state index contributed by atoms with van der Waals surface area (Å²) in [5.74, 6) is -0.648. The molecule has 154 valence electrons. The zero-order valence-corrected chi connectivity index (χ0v) is 15.3. The van der Waals surface area contributed by atoms with Gasteiger partial charge in [-0.1, -0.05) is 6.07 Å². The Morgan fingerprint density at radius 1 is 1.39 bits per heavy atom. The molecule has 9 heteroatoms. The number of halogens is 3. The van der Waals surface area contributed by atoms with Crippen LogP contribution in [0.3, 0.4) is 0 Å². The molecule has 2 rings (SSSR count). The van der Waals surface area contributed by atoms with Crippen molar-refractivity contribution in [3.05, 3.63) is 53.0 Å². The van der Waals surface area contributed by atoms with Crippen LogP contribution in [0.5, 0.6) is 5.75 Å². The van der Waals surface area contributed by atoms with E-state index in [1.165, 1.54) is 6.08 Å². The maximum atomic E-state index is 12.2. The Labute approximate surface area is 161 Å². The van der Waals surface area contributed by atoms with Crippen molar-refractivity contribution in [1.29, 1.82) is 0 Å². The predicted molar refractivity (Wildman–Crippen MR) is 98.5 cm³/mol. The summed E-state index contributed by atoms with van der Waals surface area (Å²) < 4.78 is 41.9. The Bertz CT molecular complexity index is 761. The highest BCUT2D eigenvalue weighted by Gasteiger charge is 2.27. The first-order chi connectivity index (χ1) is 13.2. The number of nitrogens with one attached hydrogen (secondary N) is 1. The minimum Gasteiger partial charge on any atom is -0.493 e. The number of hydrogen-bond acceptors (Lipinski definition) is 5. The summed E-state index contributed by atoms with van der Waals surface area (Å²) in [6.07, 6.45) is -0.319. The Morgan fingerprint density at radius 2 is 2.14 bits per heavy atom. The monoisotopic (exact) mass is 399 g/mol. The highest BCUT2D eigenvalue weighted by Crippen LogP contribution is 2.33. The predicted octanol–water partition coefficient (Wildman–Crippen LogP) is 2.75. The van der Waals surface area contributed by atoms with E-state index in [-0.39, 0.29) is 17.3 Å². The molecule has 0 aliphatic heterocycles. The third kappa shape index (κ3) is 6.11. The molecule has 0 radical (unpaired) electrons. The van der Waals surface area contributed by atoms with Gasteiger partial charge in [-0.25, -0.2) is 4.79 Å². The average molecular weight is 399 g/mol. The number of carboxylic acids is 1. The third-order valence-corrected chi connectivity index (χ3v) is 4.53. The number of fused-ring (bicyclic) bond motifs is 1. The lowest BCUT2D eigenvalue weighted by Crippen LogP contribution is -2.29. The van der Waals surface area contributed by atoms with Crippen LogP contribution in [0.2, 0.25) is 0 Å². The quantitative estimate of drug-likeness (QED) is 0.395. The van der Waals surface area contributed by atoms with Gasteiger partial charge in [0.05, 0.1) is 13.0 Å². The Kier molecular flexibility index (Phi) is 7.19. The molecule has 0 heterocycles. The van der Waals surface area contributed by atoms with Crippen molar-refractivity contribution in [2.24, 2.45) is 11.5 Å². The molecule has 0 bridgehead atoms. The minimum absolute atomic E-state index is 0.0217. The lowest BCUT2D eigenvalue weighted by Gasteiger charge is -2.27. The summed E-state index contributed by atoms with van der Waals surface area (Å²) in [5, 5.41) is 12.1. The van der Waals surface area contributed by atoms with E-state index in [1.807, 2.05) is 6.07 Å². The van der Waals surface area contributed by atoms with Gasteiger partial charge >= 0.3 is 12.1 Å². The van der Waals surface area contributed by atoms with Gasteiger partial charge in [0, 0.05) is 12.5 Å². The lowest BCUT2D eigenvalue weighted by atomic mass is 9.82. The summed E-state index contributed by atoms with van der Waals surface area (Å²) in [6.45, 7) is 0.0174. The van der Waals surface area contributed by atoms with E-state index in [0.717, 1.165) is 36.6 Å². The van der Waals surface area contributed by atoms with Crippen LogP contribution in [0.25, 0.3) is 0 Å². The summed E-state index contributed by atoms with van der Waals surface area (Å²) in [5.41, 5.74) is 13.0. The maximum Gasteiger partial charge on any atom is 0.392 e. The minimum atomic E-state index is -4.24. The van der Waals surface area contributed by atoms with Gasteiger partial charge in [0.15, 0.2) is 0 Å². The van der Waals surface area contributed by atoms with E-state index in [0.29, 0.717) is 12.3 Å². The summed E-state index contributed by atoms with van der Waals surface area (Å²) in [4.78, 5) is 11.2. The van der Waals surface area contributed by atoms with E-state index in [4.69, 9.17) is 21.3 Å². The van der Waals surface area contributed by atoms with Gasteiger partial charge in [-0.3, -0.25) is 0 Å². The molecule has 1 aromatic carbocycles. The van der Waals surface area contributed by atoms with E-state index < -0.39 is 25.2 Å². The van der Waals surface area contributed by atoms with E-state index in [9.17, 15) is 18.0 Å². The zero-order chi connectivity index (χ0) is 20.7. The van der Waals surface area contributed by atoms with Gasteiger partial charge in [0.25, 0.3) is 0 Å². The average Bonchev–Trinajstić information content (AvgIpc) is 2.62. The molecule has 28 heavy (non-hydrogen) atoms. The lowest BCUT2D eigenvalue weighted by molar-refractivity contribution is -0.139. The number of ether oxygens (including phenoxy) is 1. The largest absolute Gasteiger partial charge is 0.493 e. The fraction of sp³-hybridized carbons (Fsp3) is 0.421. The second-order valence-corrected chi connectivity index (χ2v) is 6.54. The van der Waals surface area contributed by atoms with Gasteiger partial charge in [-0.2, -0.15) is 13.2 Å². The van der Waals surface area contributed by atoms with Crippen LogP contribution in [0, 0.1) is 0 Å². The number of aliphatic carboxylic acids is 1. The molecule has 0 aromatic heterocycles. The molecule has 1 aliphatic carbocycles. The zero-order valence-electron chi connectivity index (χ0n) is 15.3. The van der Waals surface area contributed by atoms with Crippen LogP contribution >= 0.6 is 0 Å². The Balaban J connectivity index is 2.05.